The van der Waals surface area contributed by atoms with E-state index >= 15 is 0 Å². The molecule has 0 aliphatic carbocycles. The van der Waals surface area contributed by atoms with Gasteiger partial charge < -0.3 is 5.32 Å². The number of anilines is 1. The molecule has 21 heavy (non-hydrogen) atoms. The number of ketones is 1. The number of hydrogen-bond donors (Lipinski definition) is 1. The topological polar surface area (TPSA) is 72.2 Å². The van der Waals surface area contributed by atoms with Crippen LogP contribution in [0.2, 0.25) is 0 Å². The minimum absolute atomic E-state index is 0. The number of nitrogens with one attached hydrogen (secondary N) is 1. The van der Waals surface area contributed by atoms with Crippen molar-refractivity contribution in [3.05, 3.63) is 82.6 Å². The van der Waals surface area contributed by atoms with Crippen LogP contribution in [0.1, 0.15) is 17.8 Å². The van der Waals surface area contributed by atoms with Gasteiger partial charge in [-0.15, -0.1) is 0 Å². The molecule has 2 aromatic rings. The molecule has 0 heterocycles. The molecule has 2 rings (SSSR count). The summed E-state index contributed by atoms with van der Waals surface area (Å²) in [5.41, 5.74) is 1.14. The van der Waals surface area contributed by atoms with Crippen LogP contribution in [0.5, 0.6) is 0 Å². The normalized spacial score (nSPS) is 9.90. The molecule has 0 unspecified atom stereocenters. The van der Waals surface area contributed by atoms with E-state index in [9.17, 15) is 14.9 Å². The monoisotopic (exact) mass is 284 g/mol. The van der Waals surface area contributed by atoms with Crippen LogP contribution in [-0.2, 0) is 0 Å². The lowest BCUT2D eigenvalue weighted by molar-refractivity contribution is -0.384. The van der Waals surface area contributed by atoms with Crippen molar-refractivity contribution in [1.29, 1.82) is 0 Å². The van der Waals surface area contributed by atoms with Crippen molar-refractivity contribution in [3.8, 4) is 0 Å². The number of benzene rings is 2. The van der Waals surface area contributed by atoms with Crippen LogP contribution < -0.4 is 5.32 Å². The quantitative estimate of drug-likeness (QED) is 0.389. The zero-order valence-electron chi connectivity index (χ0n) is 10.5. The second-order valence-electron chi connectivity index (χ2n) is 4.02. The first-order valence-electron chi connectivity index (χ1n) is 5.94. The number of nitro benzene ring substituents is 1. The molecule has 108 valence electrons. The molecule has 0 aliphatic heterocycles. The van der Waals surface area contributed by atoms with Crippen LogP contribution in [0.4, 0.5) is 11.4 Å². The van der Waals surface area contributed by atoms with Crippen molar-refractivity contribution in [2.45, 2.75) is 7.43 Å². The molecule has 0 bridgehead atoms. The van der Waals surface area contributed by atoms with E-state index in [1.165, 1.54) is 24.4 Å². The highest BCUT2D eigenvalue weighted by Gasteiger charge is 2.04. The van der Waals surface area contributed by atoms with Gasteiger partial charge in [-0.3, -0.25) is 14.9 Å². The Morgan fingerprint density at radius 1 is 1.10 bits per heavy atom. The minimum Gasteiger partial charge on any atom is -0.361 e. The number of allylic oxidation sites excluding steroid dienone is 1. The summed E-state index contributed by atoms with van der Waals surface area (Å²) in [5.74, 6) is -0.136. The van der Waals surface area contributed by atoms with Crippen LogP contribution in [0.25, 0.3) is 0 Å². The standard InChI is InChI=1S/C15H12N2O3.CH4/c18-15(12-5-2-1-3-6-12)9-10-16-13-7-4-8-14(11-13)17(19)20;/h1-11,16H;1H4/b10-9-;. The van der Waals surface area contributed by atoms with E-state index in [1.807, 2.05) is 6.07 Å². The Bertz CT molecular complexity index is 652. The van der Waals surface area contributed by atoms with Crippen LogP contribution in [-0.4, -0.2) is 10.7 Å². The zero-order valence-corrected chi connectivity index (χ0v) is 10.5. The van der Waals surface area contributed by atoms with Crippen LogP contribution in [0.15, 0.2) is 66.9 Å². The Hall–Kier alpha value is -2.95. The lowest BCUT2D eigenvalue weighted by Crippen LogP contribution is -1.96. The van der Waals surface area contributed by atoms with Gasteiger partial charge in [-0.25, -0.2) is 0 Å². The summed E-state index contributed by atoms with van der Waals surface area (Å²) < 4.78 is 0. The van der Waals surface area contributed by atoms with Gasteiger partial charge in [-0.1, -0.05) is 43.8 Å². The second-order valence-corrected chi connectivity index (χ2v) is 4.02. The highest BCUT2D eigenvalue weighted by Crippen LogP contribution is 2.16. The van der Waals surface area contributed by atoms with Gasteiger partial charge in [-0.05, 0) is 6.07 Å². The molecular formula is C16H16N2O3. The van der Waals surface area contributed by atoms with Crippen LogP contribution >= 0.6 is 0 Å². The minimum atomic E-state index is -0.468. The Morgan fingerprint density at radius 3 is 2.48 bits per heavy atom. The number of nitro groups is 1. The van der Waals surface area contributed by atoms with Gasteiger partial charge in [-0.2, -0.15) is 0 Å². The van der Waals surface area contributed by atoms with Crippen LogP contribution in [0, 0.1) is 10.1 Å². The number of rotatable bonds is 5. The highest BCUT2D eigenvalue weighted by molar-refractivity contribution is 6.04. The average Bonchev–Trinajstić information content (AvgIpc) is 2.48. The van der Waals surface area contributed by atoms with E-state index in [0.29, 0.717) is 11.3 Å². The van der Waals surface area contributed by atoms with Crippen molar-refractivity contribution >= 4 is 17.2 Å². The van der Waals surface area contributed by atoms with Crippen molar-refractivity contribution in [1.82, 2.24) is 0 Å². The van der Waals surface area contributed by atoms with E-state index in [1.54, 1.807) is 36.4 Å². The fourth-order valence-electron chi connectivity index (χ4n) is 1.62. The first-order valence-corrected chi connectivity index (χ1v) is 5.94. The fourth-order valence-corrected chi connectivity index (χ4v) is 1.62. The van der Waals surface area contributed by atoms with E-state index in [2.05, 4.69) is 5.32 Å². The zero-order chi connectivity index (χ0) is 14.4. The SMILES string of the molecule is C.O=C(/C=C\Nc1cccc([N+](=O)[O-])c1)c1ccccc1. The number of non-ortho nitro benzene ring substituents is 1. The Balaban J connectivity index is 0.00000220. The van der Waals surface area contributed by atoms with E-state index in [4.69, 9.17) is 0 Å². The molecule has 0 fully saturated rings. The molecule has 0 amide bonds. The summed E-state index contributed by atoms with van der Waals surface area (Å²) in [6, 6.07) is 14.9. The molecular weight excluding hydrogens is 268 g/mol. The number of hydrogen-bond acceptors (Lipinski definition) is 4. The predicted molar refractivity (Wildman–Crippen MR) is 83.4 cm³/mol. The van der Waals surface area contributed by atoms with Gasteiger partial charge in [0.15, 0.2) is 5.78 Å². The molecule has 5 nitrogen and oxygen atoms in total. The summed E-state index contributed by atoms with van der Waals surface area (Å²) in [6.07, 6.45) is 2.85. The lowest BCUT2D eigenvalue weighted by atomic mass is 10.1. The van der Waals surface area contributed by atoms with E-state index in [-0.39, 0.29) is 18.9 Å². The van der Waals surface area contributed by atoms with Crippen molar-refractivity contribution in [2.75, 3.05) is 5.32 Å². The maximum atomic E-state index is 11.8. The molecule has 0 aromatic heterocycles. The van der Waals surface area contributed by atoms with Gasteiger partial charge in [0.05, 0.1) is 4.92 Å². The van der Waals surface area contributed by atoms with Gasteiger partial charge in [0.2, 0.25) is 0 Å². The third-order valence-corrected chi connectivity index (χ3v) is 2.60. The predicted octanol–water partition coefficient (Wildman–Crippen LogP) is 4.04. The van der Waals surface area contributed by atoms with Gasteiger partial charge in [0.1, 0.15) is 0 Å². The largest absolute Gasteiger partial charge is 0.361 e. The van der Waals surface area contributed by atoms with Gasteiger partial charge >= 0.3 is 0 Å². The number of nitrogens with zero attached hydrogens (tertiary/aromatic N) is 1. The van der Waals surface area contributed by atoms with E-state index < -0.39 is 4.92 Å². The third kappa shape index (κ3) is 4.58. The molecule has 0 aliphatic rings. The Kier molecular flexibility index (Phi) is 5.82. The Morgan fingerprint density at radius 2 is 1.81 bits per heavy atom. The Labute approximate surface area is 123 Å². The molecule has 0 radical (unpaired) electrons. The number of carbonyl (C=O) groups is 1. The average molecular weight is 284 g/mol. The maximum absolute atomic E-state index is 11.8. The smallest absolute Gasteiger partial charge is 0.271 e. The molecule has 0 saturated carbocycles. The van der Waals surface area contributed by atoms with Crippen LogP contribution in [0.3, 0.4) is 0 Å². The van der Waals surface area contributed by atoms with Crippen molar-refractivity contribution in [3.63, 3.8) is 0 Å². The first-order chi connectivity index (χ1) is 9.66. The molecule has 1 N–H and O–H groups in total. The summed E-state index contributed by atoms with van der Waals surface area (Å²) in [4.78, 5) is 21.9. The second kappa shape index (κ2) is 7.59. The van der Waals surface area contributed by atoms with E-state index in [0.717, 1.165) is 0 Å². The molecule has 0 atom stereocenters. The highest BCUT2D eigenvalue weighted by atomic mass is 16.6. The van der Waals surface area contributed by atoms with Gasteiger partial charge in [0, 0.05) is 35.7 Å². The fraction of sp³-hybridized carbons (Fsp3) is 0.0625. The molecule has 0 saturated heterocycles. The molecule has 5 heteroatoms. The molecule has 2 aromatic carbocycles. The third-order valence-electron chi connectivity index (χ3n) is 2.60. The summed E-state index contributed by atoms with van der Waals surface area (Å²) in [5, 5.41) is 13.5. The van der Waals surface area contributed by atoms with Gasteiger partial charge in [0.25, 0.3) is 5.69 Å². The number of carbonyl (C=O) groups excluding carboxylic acids is 1. The first kappa shape index (κ1) is 16.1. The summed E-state index contributed by atoms with van der Waals surface area (Å²) in [6.45, 7) is 0. The summed E-state index contributed by atoms with van der Waals surface area (Å²) >= 11 is 0. The van der Waals surface area contributed by atoms with Crippen molar-refractivity contribution < 1.29 is 9.72 Å². The maximum Gasteiger partial charge on any atom is 0.271 e. The van der Waals surface area contributed by atoms with Crippen molar-refractivity contribution in [2.24, 2.45) is 0 Å². The lowest BCUT2D eigenvalue weighted by Gasteiger charge is -2.00. The summed E-state index contributed by atoms with van der Waals surface area (Å²) in [7, 11) is 0. The molecule has 0 spiro atoms.